The van der Waals surface area contributed by atoms with Gasteiger partial charge in [0, 0.05) is 31.1 Å². The molecule has 1 aliphatic carbocycles. The highest BCUT2D eigenvalue weighted by molar-refractivity contribution is 6.10. The van der Waals surface area contributed by atoms with E-state index in [1.165, 1.54) is 67.3 Å². The fraction of sp³-hybridized carbons (Fsp3) is 0.262. The van der Waals surface area contributed by atoms with Crippen molar-refractivity contribution in [1.29, 1.82) is 0 Å². The normalized spacial score (nSPS) is 22.3. The van der Waals surface area contributed by atoms with Crippen LogP contribution in [0.4, 0.5) is 17.1 Å². The summed E-state index contributed by atoms with van der Waals surface area (Å²) in [6.07, 6.45) is 4.45. The molecule has 3 heterocycles. The average Bonchev–Trinajstić information content (AvgIpc) is 3.37. The van der Waals surface area contributed by atoms with Gasteiger partial charge in [0.2, 0.25) is 5.69 Å². The van der Waals surface area contributed by atoms with Crippen molar-refractivity contribution in [3.05, 3.63) is 154 Å². The van der Waals surface area contributed by atoms with Crippen LogP contribution >= 0.6 is 0 Å². The lowest BCUT2D eigenvalue weighted by atomic mass is 9.57. The van der Waals surface area contributed by atoms with Gasteiger partial charge in [-0.2, -0.15) is 4.57 Å². The van der Waals surface area contributed by atoms with Crippen LogP contribution in [0.3, 0.4) is 0 Å². The van der Waals surface area contributed by atoms with Gasteiger partial charge < -0.3 is 4.90 Å². The maximum Gasteiger partial charge on any atom is 0.210 e. The second-order valence-electron chi connectivity index (χ2n) is 13.4. The second-order valence-corrected chi connectivity index (χ2v) is 13.4. The molecule has 4 aromatic carbocycles. The minimum absolute atomic E-state index is 0.0756. The van der Waals surface area contributed by atoms with Crippen molar-refractivity contribution < 1.29 is 4.57 Å². The predicted molar refractivity (Wildman–Crippen MR) is 183 cm³/mol. The number of para-hydroxylation sites is 3. The molecule has 0 bridgehead atoms. The SMILES string of the molecule is CCC1(C)C2=C(c3cccc[n+]3C1(C)CC)C1(c3ccccc32)c2ccccc2N(c2c(C)cccc2C)c2ccccc21. The maximum absolute atomic E-state index is 2.63. The number of fused-ring (bicyclic) bond motifs is 10. The van der Waals surface area contributed by atoms with E-state index in [2.05, 4.69) is 166 Å². The monoisotopic (exact) mass is 573 g/mol. The van der Waals surface area contributed by atoms with E-state index >= 15 is 0 Å². The highest BCUT2D eigenvalue weighted by Crippen LogP contribution is 2.70. The van der Waals surface area contributed by atoms with Gasteiger partial charge >= 0.3 is 0 Å². The highest BCUT2D eigenvalue weighted by atomic mass is 15.2. The molecule has 0 fully saturated rings. The average molecular weight is 574 g/mol. The van der Waals surface area contributed by atoms with E-state index in [0.717, 1.165) is 12.8 Å². The van der Waals surface area contributed by atoms with Crippen LogP contribution in [-0.2, 0) is 11.0 Å². The Balaban J connectivity index is 1.60. The number of hydrogen-bond acceptors (Lipinski definition) is 1. The van der Waals surface area contributed by atoms with Gasteiger partial charge in [-0.25, -0.2) is 0 Å². The zero-order valence-corrected chi connectivity index (χ0v) is 26.8. The smallest absolute Gasteiger partial charge is 0.210 e. The molecule has 1 aromatic heterocycles. The molecule has 44 heavy (non-hydrogen) atoms. The summed E-state index contributed by atoms with van der Waals surface area (Å²) in [6.45, 7) is 14.3. The first-order valence-electron chi connectivity index (χ1n) is 16.3. The van der Waals surface area contributed by atoms with E-state index in [4.69, 9.17) is 0 Å². The first kappa shape index (κ1) is 27.1. The molecule has 0 amide bonds. The Bertz CT molecular complexity index is 1950. The van der Waals surface area contributed by atoms with Crippen LogP contribution in [0, 0.1) is 19.3 Å². The summed E-state index contributed by atoms with van der Waals surface area (Å²) in [5, 5.41) is 0. The van der Waals surface area contributed by atoms with Crippen molar-refractivity contribution in [2.45, 2.75) is 65.3 Å². The van der Waals surface area contributed by atoms with Gasteiger partial charge in [-0.1, -0.05) is 92.7 Å². The van der Waals surface area contributed by atoms with Crippen molar-refractivity contribution in [1.82, 2.24) is 0 Å². The number of anilines is 3. The minimum atomic E-state index is -0.458. The van der Waals surface area contributed by atoms with Gasteiger partial charge in [-0.15, -0.1) is 0 Å². The van der Waals surface area contributed by atoms with Crippen molar-refractivity contribution in [3.8, 4) is 0 Å². The second kappa shape index (κ2) is 9.29. The largest absolute Gasteiger partial charge is 0.309 e. The molecule has 2 aliphatic heterocycles. The lowest BCUT2D eigenvalue weighted by Gasteiger charge is -2.49. The van der Waals surface area contributed by atoms with Gasteiger partial charge in [-0.3, -0.25) is 0 Å². The molecule has 0 saturated heterocycles. The number of nitrogens with zero attached hydrogens (tertiary/aromatic N) is 2. The fourth-order valence-corrected chi connectivity index (χ4v) is 9.31. The summed E-state index contributed by atoms with van der Waals surface area (Å²) >= 11 is 0. The number of rotatable bonds is 3. The van der Waals surface area contributed by atoms with Gasteiger partial charge in [0.1, 0.15) is 0 Å². The third-order valence-corrected chi connectivity index (χ3v) is 11.8. The number of pyridine rings is 1. The number of aryl methyl sites for hydroxylation is 2. The molecular formula is C42H41N2+. The lowest BCUT2D eigenvalue weighted by molar-refractivity contribution is -0.778. The number of aromatic nitrogens is 1. The Hall–Kier alpha value is -4.43. The van der Waals surface area contributed by atoms with E-state index in [0.29, 0.717) is 0 Å². The molecule has 2 unspecified atom stereocenters. The molecular weight excluding hydrogens is 532 g/mol. The van der Waals surface area contributed by atoms with E-state index in [1.54, 1.807) is 0 Å². The molecule has 8 rings (SSSR count). The molecule has 1 spiro atoms. The van der Waals surface area contributed by atoms with E-state index < -0.39 is 5.41 Å². The summed E-state index contributed by atoms with van der Waals surface area (Å²) < 4.78 is 2.63. The standard InChI is InChI=1S/C42H41N2/c1-7-40(5)37-30-20-9-10-21-31(30)42(38(37)36-26-15-16-27-43(36)41(40,6)8-2)32-22-11-13-24-34(32)44(35-25-14-12-23-33(35)42)39-28(3)18-17-19-29(39)4/h9-27H,7-8H2,1-6H3/q+1. The van der Waals surface area contributed by atoms with Crippen molar-refractivity contribution in [3.63, 3.8) is 0 Å². The van der Waals surface area contributed by atoms with Crippen LogP contribution in [-0.4, -0.2) is 0 Å². The molecule has 0 saturated carbocycles. The van der Waals surface area contributed by atoms with E-state index in [-0.39, 0.29) is 11.0 Å². The van der Waals surface area contributed by atoms with Gasteiger partial charge in [0.05, 0.1) is 27.9 Å². The molecule has 0 radical (unpaired) electrons. The summed E-state index contributed by atoms with van der Waals surface area (Å²) in [4.78, 5) is 2.54. The molecule has 2 atom stereocenters. The van der Waals surface area contributed by atoms with Crippen molar-refractivity contribution >= 4 is 28.2 Å². The first-order valence-corrected chi connectivity index (χ1v) is 16.3. The first-order chi connectivity index (χ1) is 21.3. The topological polar surface area (TPSA) is 7.12 Å². The van der Waals surface area contributed by atoms with Crippen LogP contribution in [0.15, 0.2) is 115 Å². The number of hydrogen-bond donors (Lipinski definition) is 0. The third-order valence-electron chi connectivity index (χ3n) is 11.8. The van der Waals surface area contributed by atoms with Crippen LogP contribution in [0.5, 0.6) is 0 Å². The summed E-state index contributed by atoms with van der Waals surface area (Å²) in [6, 6.07) is 41.3. The van der Waals surface area contributed by atoms with Crippen molar-refractivity contribution in [2.24, 2.45) is 5.41 Å². The Morgan fingerprint density at radius 1 is 0.591 bits per heavy atom. The summed E-state index contributed by atoms with van der Waals surface area (Å²) in [5.74, 6) is 0. The molecule has 218 valence electrons. The van der Waals surface area contributed by atoms with Crippen LogP contribution in [0.2, 0.25) is 0 Å². The van der Waals surface area contributed by atoms with Crippen LogP contribution in [0.1, 0.15) is 79.6 Å². The summed E-state index contributed by atoms with van der Waals surface area (Å²) in [7, 11) is 0. The highest BCUT2D eigenvalue weighted by Gasteiger charge is 2.65. The Kier molecular flexibility index (Phi) is 5.73. The number of benzene rings is 4. The third kappa shape index (κ3) is 3.04. The van der Waals surface area contributed by atoms with E-state index in [9.17, 15) is 0 Å². The fourth-order valence-electron chi connectivity index (χ4n) is 9.31. The van der Waals surface area contributed by atoms with Crippen molar-refractivity contribution in [2.75, 3.05) is 4.90 Å². The van der Waals surface area contributed by atoms with Gasteiger partial charge in [-0.05, 0) is 84.3 Å². The lowest BCUT2D eigenvalue weighted by Crippen LogP contribution is -2.66. The van der Waals surface area contributed by atoms with Gasteiger partial charge in [0.15, 0.2) is 11.7 Å². The minimum Gasteiger partial charge on any atom is -0.309 e. The molecule has 5 aromatic rings. The Labute approximate surface area is 262 Å². The van der Waals surface area contributed by atoms with Gasteiger partial charge in [0.25, 0.3) is 0 Å². The molecule has 0 N–H and O–H groups in total. The van der Waals surface area contributed by atoms with Crippen LogP contribution < -0.4 is 9.47 Å². The molecule has 3 aliphatic rings. The molecule has 2 nitrogen and oxygen atoms in total. The van der Waals surface area contributed by atoms with E-state index in [1.807, 2.05) is 0 Å². The zero-order chi connectivity index (χ0) is 30.4. The maximum atomic E-state index is 2.63. The summed E-state index contributed by atoms with van der Waals surface area (Å²) in [5.41, 5.74) is 15.6. The quantitative estimate of drug-likeness (QED) is 0.195. The molecule has 2 heteroatoms. The van der Waals surface area contributed by atoms with Crippen LogP contribution in [0.25, 0.3) is 11.1 Å². The predicted octanol–water partition coefficient (Wildman–Crippen LogP) is 10.2. The number of allylic oxidation sites excluding steroid dienone is 2. The zero-order valence-electron chi connectivity index (χ0n) is 26.8. The Morgan fingerprint density at radius 2 is 1.16 bits per heavy atom. The Morgan fingerprint density at radius 3 is 1.77 bits per heavy atom.